The monoisotopic (exact) mass is 235 g/mol. The van der Waals surface area contributed by atoms with Crippen molar-refractivity contribution < 1.29 is 4.79 Å². The molecule has 0 unspecified atom stereocenters. The summed E-state index contributed by atoms with van der Waals surface area (Å²) in [6.07, 6.45) is 1.65. The summed E-state index contributed by atoms with van der Waals surface area (Å²) in [5.41, 5.74) is 11.9. The Morgan fingerprint density at radius 1 is 1.29 bits per heavy atom. The van der Waals surface area contributed by atoms with Gasteiger partial charge in [0, 0.05) is 17.2 Å². The van der Waals surface area contributed by atoms with Gasteiger partial charge < -0.3 is 11.5 Å². The number of rotatable bonds is 3. The number of carbonyl (C=O) groups is 1. The lowest BCUT2D eigenvalue weighted by atomic mass is 9.70. The van der Waals surface area contributed by atoms with Crippen LogP contribution in [0.5, 0.6) is 0 Å². The fourth-order valence-electron chi connectivity index (χ4n) is 1.39. The molecule has 0 radical (unpaired) electrons. The van der Waals surface area contributed by atoms with Crippen LogP contribution in [0.4, 0.5) is 5.82 Å². The van der Waals surface area contributed by atoms with E-state index in [2.05, 4.69) is 4.98 Å². The molecule has 4 nitrogen and oxygen atoms in total. The largest absolute Gasteiger partial charge is 0.383 e. The van der Waals surface area contributed by atoms with Crippen LogP contribution in [0.15, 0.2) is 12.3 Å². The molecule has 1 heterocycles. The summed E-state index contributed by atoms with van der Waals surface area (Å²) in [6.45, 7) is 9.21. The first-order chi connectivity index (χ1) is 7.57. The maximum absolute atomic E-state index is 12.5. The molecule has 94 valence electrons. The zero-order valence-electron chi connectivity index (χ0n) is 11.2. The molecule has 0 fully saturated rings. The molecule has 4 heteroatoms. The van der Waals surface area contributed by atoms with E-state index in [1.54, 1.807) is 12.3 Å². The van der Waals surface area contributed by atoms with Crippen LogP contribution >= 0.6 is 0 Å². The number of nitrogens with two attached hydrogens (primary N) is 2. The summed E-state index contributed by atoms with van der Waals surface area (Å²) in [5.74, 6) is 0.191. The highest BCUT2D eigenvalue weighted by Crippen LogP contribution is 2.33. The predicted molar refractivity (Wildman–Crippen MR) is 69.8 cm³/mol. The number of nitrogen functional groups attached to an aromatic ring is 1. The number of aromatic nitrogens is 1. The van der Waals surface area contributed by atoms with Crippen molar-refractivity contribution in [2.24, 2.45) is 11.1 Å². The van der Waals surface area contributed by atoms with Gasteiger partial charge in [-0.2, -0.15) is 0 Å². The van der Waals surface area contributed by atoms with Gasteiger partial charge in [0.15, 0.2) is 5.78 Å². The molecule has 0 aliphatic rings. The second-order valence-corrected chi connectivity index (χ2v) is 5.62. The van der Waals surface area contributed by atoms with Gasteiger partial charge in [-0.25, -0.2) is 4.98 Å². The third kappa shape index (κ3) is 2.47. The minimum absolute atomic E-state index is 0.0706. The van der Waals surface area contributed by atoms with E-state index in [1.165, 1.54) is 0 Å². The third-order valence-corrected chi connectivity index (χ3v) is 3.48. The van der Waals surface area contributed by atoms with E-state index in [4.69, 9.17) is 11.5 Å². The smallest absolute Gasteiger partial charge is 0.173 e. The van der Waals surface area contributed by atoms with E-state index >= 15 is 0 Å². The van der Waals surface area contributed by atoms with Gasteiger partial charge in [0.25, 0.3) is 0 Å². The van der Waals surface area contributed by atoms with Gasteiger partial charge in [-0.1, -0.05) is 13.8 Å². The Morgan fingerprint density at radius 2 is 1.82 bits per heavy atom. The third-order valence-electron chi connectivity index (χ3n) is 3.48. The molecule has 17 heavy (non-hydrogen) atoms. The van der Waals surface area contributed by atoms with Gasteiger partial charge in [-0.3, -0.25) is 4.79 Å². The number of hydrogen-bond acceptors (Lipinski definition) is 4. The van der Waals surface area contributed by atoms with E-state index in [0.29, 0.717) is 5.56 Å². The van der Waals surface area contributed by atoms with Gasteiger partial charge in [0.1, 0.15) is 5.82 Å². The van der Waals surface area contributed by atoms with Gasteiger partial charge in [0.05, 0.1) is 5.56 Å². The standard InChI is InChI=1S/C13H21N3O/c1-8-6-9(11(14)16-7-8)10(17)12(2,3)13(4,5)15/h6-7H,15H2,1-5H3,(H2,14,16). The minimum Gasteiger partial charge on any atom is -0.383 e. The SMILES string of the molecule is Cc1cnc(N)c(C(=O)C(C)(C)C(C)(C)N)c1. The highest BCUT2D eigenvalue weighted by atomic mass is 16.1. The molecule has 0 spiro atoms. The molecule has 0 saturated carbocycles. The Kier molecular flexibility index (Phi) is 3.30. The molecule has 1 aromatic rings. The lowest BCUT2D eigenvalue weighted by Crippen LogP contribution is -2.52. The average molecular weight is 235 g/mol. The number of hydrogen-bond donors (Lipinski definition) is 2. The van der Waals surface area contributed by atoms with Crippen LogP contribution in [0.25, 0.3) is 0 Å². The van der Waals surface area contributed by atoms with Crippen molar-refractivity contribution in [2.75, 3.05) is 5.73 Å². The Labute approximate surface area is 102 Å². The van der Waals surface area contributed by atoms with Crippen molar-refractivity contribution in [1.82, 2.24) is 4.98 Å². The lowest BCUT2D eigenvalue weighted by molar-refractivity contribution is 0.0735. The van der Waals surface area contributed by atoms with E-state index in [-0.39, 0.29) is 11.6 Å². The van der Waals surface area contributed by atoms with Crippen LogP contribution in [0.3, 0.4) is 0 Å². The fourth-order valence-corrected chi connectivity index (χ4v) is 1.39. The first-order valence-corrected chi connectivity index (χ1v) is 5.63. The van der Waals surface area contributed by atoms with Crippen LogP contribution in [-0.4, -0.2) is 16.3 Å². The van der Waals surface area contributed by atoms with Crippen LogP contribution in [0.1, 0.15) is 43.6 Å². The van der Waals surface area contributed by atoms with Crippen LogP contribution in [-0.2, 0) is 0 Å². The molecular formula is C13H21N3O. The number of pyridine rings is 1. The highest BCUT2D eigenvalue weighted by Gasteiger charge is 2.41. The molecule has 0 amide bonds. The number of anilines is 1. The average Bonchev–Trinajstić information content (AvgIpc) is 2.19. The van der Waals surface area contributed by atoms with Crippen molar-refractivity contribution in [3.63, 3.8) is 0 Å². The topological polar surface area (TPSA) is 82.0 Å². The Morgan fingerprint density at radius 3 is 2.29 bits per heavy atom. The first kappa shape index (κ1) is 13.6. The Hall–Kier alpha value is -1.42. The number of Topliss-reactive ketones (excluding diaryl/α,β-unsaturated/α-hetero) is 1. The quantitative estimate of drug-likeness (QED) is 0.784. The van der Waals surface area contributed by atoms with Crippen LogP contribution < -0.4 is 11.5 Å². The molecule has 1 rings (SSSR count). The second kappa shape index (κ2) is 4.11. The highest BCUT2D eigenvalue weighted by molar-refractivity contribution is 6.04. The van der Waals surface area contributed by atoms with E-state index in [0.717, 1.165) is 5.56 Å². The Bertz CT molecular complexity index is 444. The van der Waals surface area contributed by atoms with Crippen molar-refractivity contribution in [3.8, 4) is 0 Å². The summed E-state index contributed by atoms with van der Waals surface area (Å²) >= 11 is 0. The first-order valence-electron chi connectivity index (χ1n) is 5.63. The van der Waals surface area contributed by atoms with E-state index < -0.39 is 11.0 Å². The van der Waals surface area contributed by atoms with Gasteiger partial charge >= 0.3 is 0 Å². The zero-order chi connectivity index (χ0) is 13.4. The summed E-state index contributed by atoms with van der Waals surface area (Å²) in [6, 6.07) is 1.76. The molecule has 1 aromatic heterocycles. The summed E-state index contributed by atoms with van der Waals surface area (Å²) in [4.78, 5) is 16.5. The minimum atomic E-state index is -0.698. The van der Waals surface area contributed by atoms with Crippen LogP contribution in [0.2, 0.25) is 0 Å². The molecule has 0 aliphatic carbocycles. The fraction of sp³-hybridized carbons (Fsp3) is 0.538. The molecule has 0 atom stereocenters. The van der Waals surface area contributed by atoms with Crippen molar-refractivity contribution in [2.45, 2.75) is 40.2 Å². The number of ketones is 1. The summed E-state index contributed by atoms with van der Waals surface area (Å²) in [5, 5.41) is 0. The van der Waals surface area contributed by atoms with Crippen molar-refractivity contribution in [1.29, 1.82) is 0 Å². The second-order valence-electron chi connectivity index (χ2n) is 5.62. The predicted octanol–water partition coefficient (Wildman–Crippen LogP) is 1.92. The van der Waals surface area contributed by atoms with Crippen molar-refractivity contribution in [3.05, 3.63) is 23.4 Å². The maximum atomic E-state index is 12.5. The molecule has 0 aromatic carbocycles. The molecule has 0 saturated heterocycles. The number of nitrogens with zero attached hydrogens (tertiary/aromatic N) is 1. The summed E-state index contributed by atoms with van der Waals surface area (Å²) < 4.78 is 0. The van der Waals surface area contributed by atoms with E-state index in [1.807, 2.05) is 34.6 Å². The zero-order valence-corrected chi connectivity index (χ0v) is 11.2. The van der Waals surface area contributed by atoms with Gasteiger partial charge in [0.2, 0.25) is 0 Å². The Balaban J connectivity index is 3.26. The van der Waals surface area contributed by atoms with Crippen LogP contribution in [0, 0.1) is 12.3 Å². The molecule has 0 aliphatic heterocycles. The maximum Gasteiger partial charge on any atom is 0.173 e. The van der Waals surface area contributed by atoms with E-state index in [9.17, 15) is 4.79 Å². The molecule has 0 bridgehead atoms. The number of aryl methyl sites for hydroxylation is 1. The molecule has 4 N–H and O–H groups in total. The normalized spacial score (nSPS) is 12.6. The number of carbonyl (C=O) groups excluding carboxylic acids is 1. The van der Waals surface area contributed by atoms with Gasteiger partial charge in [-0.05, 0) is 32.4 Å². The summed E-state index contributed by atoms with van der Waals surface area (Å²) in [7, 11) is 0. The molecular weight excluding hydrogens is 214 g/mol. The van der Waals surface area contributed by atoms with Gasteiger partial charge in [-0.15, -0.1) is 0 Å². The lowest BCUT2D eigenvalue weighted by Gasteiger charge is -2.37. The van der Waals surface area contributed by atoms with Crippen molar-refractivity contribution >= 4 is 11.6 Å².